The maximum atomic E-state index is 5.60. The van der Waals surface area contributed by atoms with Crippen molar-refractivity contribution < 1.29 is 47.0 Å². The van der Waals surface area contributed by atoms with Crippen molar-refractivity contribution in [1.29, 1.82) is 0 Å². The van der Waals surface area contributed by atoms with E-state index in [9.17, 15) is 0 Å². The van der Waals surface area contributed by atoms with Crippen LogP contribution in [0.5, 0.6) is 46.0 Å². The van der Waals surface area contributed by atoms with E-state index in [1.807, 2.05) is 49.1 Å². The molecule has 0 N–H and O–H groups in total. The Morgan fingerprint density at radius 2 is 0.959 bits per heavy atom. The second-order valence-corrected chi connectivity index (χ2v) is 19.4. The second-order valence-electron chi connectivity index (χ2n) is 19.4. The van der Waals surface area contributed by atoms with Crippen LogP contribution < -0.4 is 47.0 Å². The number of pyridine rings is 4. The Morgan fingerprint density at radius 1 is 0.527 bits per heavy atom. The van der Waals surface area contributed by atoms with E-state index in [1.165, 1.54) is 83.5 Å². The molecule has 4 aromatic heterocycles. The minimum Gasteiger partial charge on any atom is -0.493 e. The lowest BCUT2D eigenvalue weighted by Crippen LogP contribution is -2.40. The molecule has 8 aromatic rings. The van der Waals surface area contributed by atoms with E-state index in [2.05, 4.69) is 116 Å². The maximum Gasteiger partial charge on any atom is 0.231 e. The number of ether oxygens (including phenoxy) is 8. The minimum atomic E-state index is 0.299. The molecule has 6 aliphatic rings. The number of methoxy groups -OCH3 is 4. The van der Waals surface area contributed by atoms with Gasteiger partial charge in [-0.25, -0.2) is 0 Å². The van der Waals surface area contributed by atoms with Crippen molar-refractivity contribution in [2.45, 2.75) is 63.7 Å². The van der Waals surface area contributed by atoms with Gasteiger partial charge in [0, 0.05) is 61.8 Å². The third-order valence-electron chi connectivity index (χ3n) is 15.2. The number of aromatic nitrogens is 4. The number of fused-ring (bicyclic) bond motifs is 10. The number of nitrogens with zero attached hydrogens (tertiary/aromatic N) is 6. The first-order valence-electron chi connectivity index (χ1n) is 25.5. The van der Waals surface area contributed by atoms with Gasteiger partial charge in [0.25, 0.3) is 0 Å². The summed E-state index contributed by atoms with van der Waals surface area (Å²) in [6.07, 6.45) is 19.0. The fourth-order valence-electron chi connectivity index (χ4n) is 11.3. The van der Waals surface area contributed by atoms with Crippen LogP contribution in [0.3, 0.4) is 0 Å². The van der Waals surface area contributed by atoms with Gasteiger partial charge >= 0.3 is 0 Å². The van der Waals surface area contributed by atoms with Crippen LogP contribution in [0.4, 0.5) is 0 Å². The van der Waals surface area contributed by atoms with E-state index in [0.29, 0.717) is 25.7 Å². The number of hydrogen-bond donors (Lipinski definition) is 0. The Morgan fingerprint density at radius 3 is 1.32 bits per heavy atom. The van der Waals surface area contributed by atoms with Gasteiger partial charge < -0.3 is 37.9 Å². The summed E-state index contributed by atoms with van der Waals surface area (Å²) in [6, 6.07) is 30.4. The number of benzene rings is 4. The molecule has 0 unspecified atom stereocenters. The standard InChI is InChI=1S/2C20H18NO4.2C10H14N2/c2*1-22-17-4-3-12-7-16-14-9-19-18(24-11-25-19)8-13(14)5-6-21(16)10-15(12)20(17)23-2;2*1-12-7-3-5-10(12)9-4-2-6-11-8-9/h2*3-4,7-10H,5-6,11H2,1-2H3;2*2,4,6,8,10H,3,5,7H2,1H3/q2*+1;;/t;;2*10-/m..00/s1. The van der Waals surface area contributed by atoms with Crippen molar-refractivity contribution in [1.82, 2.24) is 19.8 Å². The van der Waals surface area contributed by atoms with Crippen LogP contribution in [0.15, 0.2) is 122 Å². The van der Waals surface area contributed by atoms with Gasteiger partial charge in [0.15, 0.2) is 71.5 Å². The SMILES string of the molecule is CN1CCC[C@H]1c1cccnc1.CN1CCC[C@H]1c1cccnc1.COc1ccc2cc3[n+](cc2c1OC)CCc1cc2c(cc1-3)OCO2.COc1ccc2cc3[n+](cc2c1OC)CCc1cc2c(cc1-3)OCO2. The number of hydrogen-bond acceptors (Lipinski definition) is 12. The van der Waals surface area contributed by atoms with Crippen molar-refractivity contribution in [2.75, 3.05) is 69.2 Å². The predicted molar refractivity (Wildman–Crippen MR) is 283 cm³/mol. The Labute approximate surface area is 432 Å². The van der Waals surface area contributed by atoms with Crippen LogP contribution in [0.25, 0.3) is 44.1 Å². The molecule has 0 amide bonds. The van der Waals surface area contributed by atoms with Gasteiger partial charge in [0.05, 0.1) is 50.3 Å². The lowest BCUT2D eigenvalue weighted by Gasteiger charge is -2.18. The first kappa shape index (κ1) is 48.6. The summed E-state index contributed by atoms with van der Waals surface area (Å²) in [5, 5.41) is 4.34. The molecule has 380 valence electrons. The van der Waals surface area contributed by atoms with E-state index in [0.717, 1.165) is 93.5 Å². The minimum absolute atomic E-state index is 0.299. The third-order valence-corrected chi connectivity index (χ3v) is 15.2. The van der Waals surface area contributed by atoms with Gasteiger partial charge in [-0.2, -0.15) is 9.13 Å². The smallest absolute Gasteiger partial charge is 0.231 e. The van der Waals surface area contributed by atoms with Crippen LogP contribution in [0.2, 0.25) is 0 Å². The van der Waals surface area contributed by atoms with E-state index in [4.69, 9.17) is 37.9 Å². The van der Waals surface area contributed by atoms with E-state index < -0.39 is 0 Å². The highest BCUT2D eigenvalue weighted by molar-refractivity contribution is 5.93. The average molecular weight is 997 g/mol. The van der Waals surface area contributed by atoms with Gasteiger partial charge in [-0.1, -0.05) is 12.1 Å². The molecule has 6 aliphatic heterocycles. The van der Waals surface area contributed by atoms with Gasteiger partial charge in [-0.15, -0.1) is 0 Å². The number of aryl methyl sites for hydroxylation is 4. The van der Waals surface area contributed by atoms with Crippen LogP contribution in [-0.2, 0) is 25.9 Å². The van der Waals surface area contributed by atoms with Crippen LogP contribution in [0, 0.1) is 0 Å². The van der Waals surface area contributed by atoms with Crippen LogP contribution >= 0.6 is 0 Å². The van der Waals surface area contributed by atoms with Crippen LogP contribution in [-0.4, -0.2) is 89.0 Å². The Bertz CT molecular complexity index is 3100. The molecule has 2 atom stereocenters. The monoisotopic (exact) mass is 996 g/mol. The molecular weight excluding hydrogens is 933 g/mol. The highest BCUT2D eigenvalue weighted by Crippen LogP contribution is 2.44. The zero-order valence-corrected chi connectivity index (χ0v) is 43.1. The molecule has 0 bridgehead atoms. The first-order chi connectivity index (χ1) is 36.3. The van der Waals surface area contributed by atoms with Gasteiger partial charge in [0.2, 0.25) is 25.0 Å². The van der Waals surface area contributed by atoms with Crippen molar-refractivity contribution in [3.63, 3.8) is 0 Å². The molecule has 0 radical (unpaired) electrons. The zero-order valence-electron chi connectivity index (χ0n) is 43.1. The van der Waals surface area contributed by atoms with Gasteiger partial charge in [-0.3, -0.25) is 19.8 Å². The molecule has 0 aliphatic carbocycles. The molecule has 4 aromatic carbocycles. The van der Waals surface area contributed by atoms with E-state index in [1.54, 1.807) is 28.4 Å². The fourth-order valence-corrected chi connectivity index (χ4v) is 11.3. The summed E-state index contributed by atoms with van der Waals surface area (Å²) in [7, 11) is 11.0. The summed E-state index contributed by atoms with van der Waals surface area (Å²) in [4.78, 5) is 13.1. The highest BCUT2D eigenvalue weighted by atomic mass is 16.7. The Balaban J connectivity index is 0.000000112. The van der Waals surface area contributed by atoms with Gasteiger partial charge in [-0.05, 0) is 147 Å². The van der Waals surface area contributed by atoms with Gasteiger partial charge in [0.1, 0.15) is 0 Å². The fraction of sp³-hybridized carbons (Fsp3) is 0.333. The molecule has 0 saturated carbocycles. The second kappa shape index (κ2) is 21.4. The molecule has 0 spiro atoms. The maximum absolute atomic E-state index is 5.60. The van der Waals surface area contributed by atoms with E-state index in [-0.39, 0.29) is 0 Å². The molecular formula is C60H64N6O8+2. The lowest BCUT2D eigenvalue weighted by atomic mass is 9.95. The summed E-state index contributed by atoms with van der Waals surface area (Å²) in [5.41, 5.74) is 10.1. The molecule has 2 saturated heterocycles. The summed E-state index contributed by atoms with van der Waals surface area (Å²) in [5.74, 6) is 6.36. The zero-order chi connectivity index (χ0) is 50.7. The Hall–Kier alpha value is -7.68. The molecule has 2 fully saturated rings. The average Bonchev–Trinajstić information content (AvgIpc) is 4.31. The molecule has 14 heteroatoms. The van der Waals surface area contributed by atoms with E-state index >= 15 is 0 Å². The third kappa shape index (κ3) is 9.55. The normalized spacial score (nSPS) is 17.5. The van der Waals surface area contributed by atoms with Crippen LogP contribution in [0.1, 0.15) is 60.0 Å². The number of rotatable bonds is 6. The quantitative estimate of drug-likeness (QED) is 0.148. The summed E-state index contributed by atoms with van der Waals surface area (Å²) in [6.45, 7) is 4.87. The van der Waals surface area contributed by atoms with Crippen molar-refractivity contribution in [2.24, 2.45) is 0 Å². The van der Waals surface area contributed by atoms with Crippen molar-refractivity contribution >= 4 is 21.5 Å². The lowest BCUT2D eigenvalue weighted by molar-refractivity contribution is -0.686. The predicted octanol–water partition coefficient (Wildman–Crippen LogP) is 9.89. The van der Waals surface area contributed by atoms with Crippen molar-refractivity contribution in [3.8, 4) is 68.5 Å². The topological polar surface area (TPSA) is 114 Å². The first-order valence-corrected chi connectivity index (χ1v) is 25.5. The molecule has 14 rings (SSSR count). The molecule has 14 nitrogen and oxygen atoms in total. The Kier molecular flexibility index (Phi) is 14.1. The summed E-state index contributed by atoms with van der Waals surface area (Å²) >= 11 is 0. The molecule has 74 heavy (non-hydrogen) atoms. The largest absolute Gasteiger partial charge is 0.493 e. The summed E-state index contributed by atoms with van der Waals surface area (Å²) < 4.78 is 48.8. The highest BCUT2D eigenvalue weighted by Gasteiger charge is 2.31. The molecule has 10 heterocycles. The number of likely N-dealkylation sites (tertiary alicyclic amines) is 2. The van der Waals surface area contributed by atoms with Crippen molar-refractivity contribution in [3.05, 3.63) is 144 Å².